The van der Waals surface area contributed by atoms with Crippen LogP contribution in [0.15, 0.2) is 65.1 Å². The number of para-hydroxylation sites is 1. The summed E-state index contributed by atoms with van der Waals surface area (Å²) in [5.41, 5.74) is 2.69. The summed E-state index contributed by atoms with van der Waals surface area (Å²) in [6, 6.07) is 17.2. The van der Waals surface area contributed by atoms with Gasteiger partial charge in [0.1, 0.15) is 22.7 Å². The highest BCUT2D eigenvalue weighted by Gasteiger charge is 2.17. The van der Waals surface area contributed by atoms with E-state index >= 15 is 0 Å². The number of halogens is 1. The van der Waals surface area contributed by atoms with Crippen molar-refractivity contribution in [2.45, 2.75) is 13.5 Å². The van der Waals surface area contributed by atoms with Crippen molar-refractivity contribution in [3.05, 3.63) is 72.0 Å². The van der Waals surface area contributed by atoms with Gasteiger partial charge in [-0.3, -0.25) is 14.5 Å². The Labute approximate surface area is 196 Å². The van der Waals surface area contributed by atoms with Gasteiger partial charge in [0.25, 0.3) is 0 Å². The summed E-state index contributed by atoms with van der Waals surface area (Å²) in [6.07, 6.45) is 0. The van der Waals surface area contributed by atoms with E-state index in [9.17, 15) is 14.0 Å². The third-order valence-electron chi connectivity index (χ3n) is 5.56. The Bertz CT molecular complexity index is 1320. The third kappa shape index (κ3) is 5.35. The van der Waals surface area contributed by atoms with Crippen LogP contribution in [0.1, 0.15) is 12.5 Å². The van der Waals surface area contributed by atoms with Gasteiger partial charge in [-0.2, -0.15) is 0 Å². The number of hydrogen-bond acceptors (Lipinski definition) is 5. The monoisotopic (exact) mass is 463 g/mol. The number of furan rings is 1. The van der Waals surface area contributed by atoms with E-state index in [-0.39, 0.29) is 37.3 Å². The molecule has 0 unspecified atom stereocenters. The first-order chi connectivity index (χ1) is 16.5. The quantitative estimate of drug-likeness (QED) is 0.387. The molecule has 0 saturated heterocycles. The number of benzene rings is 3. The lowest BCUT2D eigenvalue weighted by Crippen LogP contribution is -2.40. The van der Waals surface area contributed by atoms with E-state index in [0.29, 0.717) is 23.6 Å². The van der Waals surface area contributed by atoms with Gasteiger partial charge in [-0.25, -0.2) is 4.39 Å². The molecule has 0 saturated carbocycles. The summed E-state index contributed by atoms with van der Waals surface area (Å²) < 4.78 is 24.4. The average molecular weight is 464 g/mol. The van der Waals surface area contributed by atoms with Crippen LogP contribution in [0.2, 0.25) is 0 Å². The molecule has 2 amide bonds. The van der Waals surface area contributed by atoms with Crippen LogP contribution in [-0.2, 0) is 16.1 Å². The highest BCUT2D eigenvalue weighted by Crippen LogP contribution is 2.36. The van der Waals surface area contributed by atoms with Gasteiger partial charge < -0.3 is 19.8 Å². The minimum absolute atomic E-state index is 0.0296. The van der Waals surface area contributed by atoms with Crippen LogP contribution >= 0.6 is 0 Å². The normalized spacial score (nSPS) is 11.2. The van der Waals surface area contributed by atoms with Crippen molar-refractivity contribution in [2.24, 2.45) is 0 Å². The lowest BCUT2D eigenvalue weighted by molar-refractivity contribution is -0.123. The number of rotatable bonds is 9. The zero-order valence-corrected chi connectivity index (χ0v) is 19.1. The average Bonchev–Trinajstić information content (AvgIpc) is 3.20. The van der Waals surface area contributed by atoms with Gasteiger partial charge in [0.2, 0.25) is 11.8 Å². The van der Waals surface area contributed by atoms with E-state index in [2.05, 4.69) is 10.6 Å². The van der Waals surface area contributed by atoms with Crippen molar-refractivity contribution in [1.82, 2.24) is 10.2 Å². The number of carbonyl (C=O) groups excluding carboxylic acids is 2. The molecule has 0 fully saturated rings. The minimum atomic E-state index is -0.325. The van der Waals surface area contributed by atoms with E-state index in [1.807, 2.05) is 37.3 Å². The molecule has 0 atom stereocenters. The summed E-state index contributed by atoms with van der Waals surface area (Å²) in [5.74, 6) is -0.302. The molecule has 4 rings (SSSR count). The van der Waals surface area contributed by atoms with Crippen LogP contribution in [0.5, 0.6) is 5.75 Å². The molecule has 0 spiro atoms. The lowest BCUT2D eigenvalue weighted by atomic mass is 10.1. The third-order valence-corrected chi connectivity index (χ3v) is 5.56. The fourth-order valence-electron chi connectivity index (χ4n) is 3.75. The van der Waals surface area contributed by atoms with Gasteiger partial charge in [-0.05, 0) is 36.4 Å². The number of amides is 2. The van der Waals surface area contributed by atoms with Crippen LogP contribution in [0.3, 0.4) is 0 Å². The van der Waals surface area contributed by atoms with Crippen LogP contribution in [-0.4, -0.2) is 43.5 Å². The number of ether oxygens (including phenoxy) is 1. The molecule has 3 aromatic carbocycles. The van der Waals surface area contributed by atoms with Gasteiger partial charge in [-0.1, -0.05) is 37.3 Å². The molecule has 1 heterocycles. The van der Waals surface area contributed by atoms with E-state index < -0.39 is 0 Å². The molecule has 0 radical (unpaired) electrons. The largest absolute Gasteiger partial charge is 0.495 e. The highest BCUT2D eigenvalue weighted by molar-refractivity contribution is 6.07. The first kappa shape index (κ1) is 23.3. The molecule has 0 bridgehead atoms. The van der Waals surface area contributed by atoms with Gasteiger partial charge >= 0.3 is 0 Å². The van der Waals surface area contributed by atoms with Crippen LogP contribution < -0.4 is 15.4 Å². The molecule has 7 nitrogen and oxygen atoms in total. The maximum absolute atomic E-state index is 13.0. The summed E-state index contributed by atoms with van der Waals surface area (Å²) in [4.78, 5) is 26.8. The summed E-state index contributed by atoms with van der Waals surface area (Å²) in [5, 5.41) is 7.53. The number of methoxy groups -OCH3 is 1. The zero-order chi connectivity index (χ0) is 24.1. The number of nitrogens with zero attached hydrogens (tertiary/aromatic N) is 1. The Morgan fingerprint density at radius 3 is 2.44 bits per heavy atom. The molecular formula is C26H26FN3O4. The zero-order valence-electron chi connectivity index (χ0n) is 19.1. The first-order valence-electron chi connectivity index (χ1n) is 11.0. The van der Waals surface area contributed by atoms with Gasteiger partial charge in [0.15, 0.2) is 0 Å². The van der Waals surface area contributed by atoms with Crippen molar-refractivity contribution in [1.29, 1.82) is 0 Å². The Balaban J connectivity index is 1.38. The fraction of sp³-hybridized carbons (Fsp3) is 0.231. The molecule has 176 valence electrons. The van der Waals surface area contributed by atoms with Crippen LogP contribution in [0.4, 0.5) is 10.1 Å². The van der Waals surface area contributed by atoms with Crippen molar-refractivity contribution in [2.75, 3.05) is 32.1 Å². The van der Waals surface area contributed by atoms with Crippen molar-refractivity contribution in [3.63, 3.8) is 0 Å². The lowest BCUT2D eigenvalue weighted by Gasteiger charge is -2.20. The van der Waals surface area contributed by atoms with Crippen LogP contribution in [0.25, 0.3) is 21.9 Å². The molecule has 1 aromatic heterocycles. The number of hydrogen-bond donors (Lipinski definition) is 2. The van der Waals surface area contributed by atoms with E-state index in [1.165, 1.54) is 12.1 Å². The van der Waals surface area contributed by atoms with E-state index in [0.717, 1.165) is 21.9 Å². The Kier molecular flexibility index (Phi) is 7.08. The second-order valence-corrected chi connectivity index (χ2v) is 7.90. The minimum Gasteiger partial charge on any atom is -0.495 e. The molecule has 8 heteroatoms. The molecular weight excluding hydrogens is 437 g/mol. The standard InChI is InChI=1S/C26H26FN3O4/c1-3-30(15-25(31)28-14-17-8-10-18(27)11-9-17)16-26(32)29-21-13-23-20(12-24(21)33-2)19-6-4-5-7-22(19)34-23/h4-13H,3,14-16H2,1-2H3,(H,28,31)(H,29,32). The molecule has 34 heavy (non-hydrogen) atoms. The Morgan fingerprint density at radius 2 is 1.71 bits per heavy atom. The fourth-order valence-corrected chi connectivity index (χ4v) is 3.75. The highest BCUT2D eigenvalue weighted by atomic mass is 19.1. The molecule has 0 aliphatic carbocycles. The molecule has 0 aliphatic rings. The summed E-state index contributed by atoms with van der Waals surface area (Å²) in [6.45, 7) is 2.77. The van der Waals surface area contributed by atoms with Gasteiger partial charge in [0, 0.05) is 23.4 Å². The Morgan fingerprint density at radius 1 is 0.971 bits per heavy atom. The van der Waals surface area contributed by atoms with Gasteiger partial charge in [-0.15, -0.1) is 0 Å². The van der Waals surface area contributed by atoms with Crippen molar-refractivity contribution in [3.8, 4) is 5.75 Å². The number of likely N-dealkylation sites (N-methyl/N-ethyl adjacent to an activating group) is 1. The maximum atomic E-state index is 13.0. The second kappa shape index (κ2) is 10.4. The Hall–Kier alpha value is -3.91. The van der Waals surface area contributed by atoms with Crippen molar-refractivity contribution >= 4 is 39.4 Å². The predicted molar refractivity (Wildman–Crippen MR) is 129 cm³/mol. The first-order valence-corrected chi connectivity index (χ1v) is 11.0. The SMILES string of the molecule is CCN(CC(=O)NCc1ccc(F)cc1)CC(=O)Nc1cc2oc3ccccc3c2cc1OC. The second-order valence-electron chi connectivity index (χ2n) is 7.90. The van der Waals surface area contributed by atoms with Gasteiger partial charge in [0.05, 0.1) is 25.9 Å². The number of nitrogens with one attached hydrogen (secondary N) is 2. The summed E-state index contributed by atoms with van der Waals surface area (Å²) in [7, 11) is 1.54. The topological polar surface area (TPSA) is 83.8 Å². The van der Waals surface area contributed by atoms with Crippen LogP contribution in [0, 0.1) is 5.82 Å². The van der Waals surface area contributed by atoms with E-state index in [4.69, 9.17) is 9.15 Å². The molecule has 0 aliphatic heterocycles. The predicted octanol–water partition coefficient (Wildman–Crippen LogP) is 4.31. The maximum Gasteiger partial charge on any atom is 0.238 e. The smallest absolute Gasteiger partial charge is 0.238 e. The number of anilines is 1. The number of fused-ring (bicyclic) bond motifs is 3. The summed E-state index contributed by atoms with van der Waals surface area (Å²) >= 11 is 0. The number of carbonyl (C=O) groups is 2. The van der Waals surface area contributed by atoms with Crippen molar-refractivity contribution < 1.29 is 23.1 Å². The molecule has 4 aromatic rings. The molecule has 2 N–H and O–H groups in total. The van der Waals surface area contributed by atoms with E-state index in [1.54, 1.807) is 30.2 Å².